The molecule has 1 amide bonds. The lowest BCUT2D eigenvalue weighted by Gasteiger charge is -2.25. The second kappa shape index (κ2) is 33.8. The maximum absolute atomic E-state index is 12.3. The summed E-state index contributed by atoms with van der Waals surface area (Å²) in [7, 11) is 1.55. The molecule has 0 aromatic carbocycles. The number of unbranched alkanes of at least 4 members (excludes halogenated alkanes) is 22. The Morgan fingerprint density at radius 3 is 1.56 bits per heavy atom. The zero-order valence-corrected chi connectivity index (χ0v) is 34.3. The van der Waals surface area contributed by atoms with Crippen molar-refractivity contribution in [3.63, 3.8) is 0 Å². The zero-order chi connectivity index (χ0) is 37.2. The highest BCUT2D eigenvalue weighted by atomic mass is 31.2. The summed E-state index contributed by atoms with van der Waals surface area (Å²) in [5, 5.41) is 13.4. The number of likely N-dealkylation sites (N-methyl/N-ethyl adjacent to an activating group) is 1. The Balaban J connectivity index is 3.87. The van der Waals surface area contributed by atoms with Gasteiger partial charge >= 0.3 is 7.82 Å². The number of nitrogens with zero attached hydrogens (tertiary/aromatic N) is 1. The van der Waals surface area contributed by atoms with Crippen LogP contribution < -0.4 is 5.32 Å². The minimum atomic E-state index is -4.31. The Bertz CT molecular complexity index is 876. The Morgan fingerprint density at radius 2 is 1.10 bits per heavy atom. The normalized spacial score (nSPS) is 14.8. The van der Waals surface area contributed by atoms with E-state index in [1.165, 1.54) is 135 Å². The van der Waals surface area contributed by atoms with Crippen LogP contribution in [0.5, 0.6) is 0 Å². The summed E-state index contributed by atoms with van der Waals surface area (Å²) in [6.45, 7) is 4.43. The fourth-order valence-corrected chi connectivity index (χ4v) is 6.60. The van der Waals surface area contributed by atoms with E-state index in [9.17, 15) is 19.4 Å². The molecule has 0 spiro atoms. The molecule has 3 atom stereocenters. The van der Waals surface area contributed by atoms with Crippen molar-refractivity contribution in [2.24, 2.45) is 0 Å². The van der Waals surface area contributed by atoms with E-state index in [0.29, 0.717) is 23.9 Å². The van der Waals surface area contributed by atoms with E-state index in [0.717, 1.165) is 19.3 Å². The predicted molar refractivity (Wildman–Crippen MR) is 212 cm³/mol. The number of carbonyl (C=O) groups is 1. The van der Waals surface area contributed by atoms with Gasteiger partial charge in [0.15, 0.2) is 0 Å². The minimum Gasteiger partial charge on any atom is -0.387 e. The smallest absolute Gasteiger partial charge is 0.387 e. The number of hydrogen-bond acceptors (Lipinski definition) is 5. The first-order valence-corrected chi connectivity index (χ1v) is 22.2. The molecule has 50 heavy (non-hydrogen) atoms. The Hall–Kier alpha value is -1.02. The van der Waals surface area contributed by atoms with E-state index in [1.807, 2.05) is 34.1 Å². The van der Waals surface area contributed by atoms with Crippen molar-refractivity contribution in [3.8, 4) is 0 Å². The number of carbonyl (C=O) groups excluding carboxylic acids is 1. The molecule has 0 fully saturated rings. The lowest BCUT2D eigenvalue weighted by molar-refractivity contribution is -0.870. The Morgan fingerprint density at radius 1 is 0.660 bits per heavy atom. The van der Waals surface area contributed by atoms with E-state index >= 15 is 0 Å². The van der Waals surface area contributed by atoms with Gasteiger partial charge in [-0.1, -0.05) is 167 Å². The van der Waals surface area contributed by atoms with Crippen LogP contribution in [-0.2, 0) is 18.4 Å². The van der Waals surface area contributed by atoms with Crippen LogP contribution in [0, 0.1) is 0 Å². The van der Waals surface area contributed by atoms with Gasteiger partial charge in [0.05, 0.1) is 39.9 Å². The summed E-state index contributed by atoms with van der Waals surface area (Å²) < 4.78 is 23.1. The number of hydrogen-bond donors (Lipinski definition) is 3. The van der Waals surface area contributed by atoms with Crippen molar-refractivity contribution < 1.29 is 32.9 Å². The van der Waals surface area contributed by atoms with E-state index in [2.05, 4.69) is 24.4 Å². The standard InChI is InChI=1S/C41H81N2O6P/c1-6-8-9-10-11-12-13-14-15-16-17-18-19-20-21-22-23-24-25-26-27-28-29-30-31-32-33-35-40(44)39(42-41(45)34-7-2)38-49-50(46,47)48-37-36-43(3,4)5/h29-30,33,35,39-40,44H,6-28,31-32,34,36-38H2,1-5H3,(H-,42,45,46,47)/p+1/b30-29+,35-33+. The summed E-state index contributed by atoms with van der Waals surface area (Å²) in [6, 6.07) is -0.854. The monoisotopic (exact) mass is 730 g/mol. The molecule has 0 bridgehead atoms. The zero-order valence-electron chi connectivity index (χ0n) is 33.4. The SMILES string of the molecule is CCCCCCCCCCCCCCCCCCCCCCC/C=C/CC/C=C/C(O)C(COP(=O)(O)OCC[N+](C)(C)C)NC(=O)CCC. The second-order valence-electron chi connectivity index (χ2n) is 15.4. The number of rotatable bonds is 37. The third-order valence-electron chi connectivity index (χ3n) is 9.14. The number of aliphatic hydroxyl groups excluding tert-OH is 1. The summed E-state index contributed by atoms with van der Waals surface area (Å²) in [5.41, 5.74) is 0. The molecule has 296 valence electrons. The van der Waals surface area contributed by atoms with Crippen LogP contribution in [0.25, 0.3) is 0 Å². The Kier molecular flexibility index (Phi) is 33.1. The molecule has 0 aliphatic carbocycles. The highest BCUT2D eigenvalue weighted by Crippen LogP contribution is 2.43. The van der Waals surface area contributed by atoms with E-state index < -0.39 is 20.0 Å². The quantitative estimate of drug-likeness (QED) is 0.0254. The van der Waals surface area contributed by atoms with Gasteiger partial charge in [0.25, 0.3) is 0 Å². The molecule has 3 unspecified atom stereocenters. The van der Waals surface area contributed by atoms with Crippen LogP contribution >= 0.6 is 7.82 Å². The first-order chi connectivity index (χ1) is 24.0. The fourth-order valence-electron chi connectivity index (χ4n) is 5.87. The molecule has 0 aromatic heterocycles. The molecular weight excluding hydrogens is 647 g/mol. The van der Waals surface area contributed by atoms with Crippen molar-refractivity contribution >= 4 is 13.7 Å². The second-order valence-corrected chi connectivity index (χ2v) is 16.8. The van der Waals surface area contributed by atoms with Crippen molar-refractivity contribution in [1.29, 1.82) is 0 Å². The first-order valence-electron chi connectivity index (χ1n) is 20.7. The number of phosphoric ester groups is 1. The molecule has 0 aliphatic heterocycles. The van der Waals surface area contributed by atoms with Crippen LogP contribution in [0.4, 0.5) is 0 Å². The first kappa shape index (κ1) is 49.0. The van der Waals surface area contributed by atoms with Gasteiger partial charge in [-0.25, -0.2) is 4.57 Å². The number of aliphatic hydroxyl groups is 1. The summed E-state index contributed by atoms with van der Waals surface area (Å²) in [5.74, 6) is -0.240. The molecule has 3 N–H and O–H groups in total. The average molecular weight is 730 g/mol. The van der Waals surface area contributed by atoms with Crippen LogP contribution in [0.3, 0.4) is 0 Å². The lowest BCUT2D eigenvalue weighted by atomic mass is 10.0. The molecule has 0 rings (SSSR count). The van der Waals surface area contributed by atoms with Gasteiger partial charge in [-0.15, -0.1) is 0 Å². The van der Waals surface area contributed by atoms with Crippen molar-refractivity contribution in [2.75, 3.05) is 40.9 Å². The number of quaternary nitrogens is 1. The summed E-state index contributed by atoms with van der Waals surface area (Å²) in [4.78, 5) is 22.2. The van der Waals surface area contributed by atoms with Gasteiger partial charge < -0.3 is 19.8 Å². The molecule has 9 heteroatoms. The minimum absolute atomic E-state index is 0.0553. The topological polar surface area (TPSA) is 105 Å². The molecule has 0 heterocycles. The van der Waals surface area contributed by atoms with Crippen molar-refractivity contribution in [1.82, 2.24) is 5.32 Å². The molecular formula is C41H82N2O6P+. The number of phosphoric acid groups is 1. The van der Waals surface area contributed by atoms with Gasteiger partial charge in [-0.3, -0.25) is 13.8 Å². The van der Waals surface area contributed by atoms with Crippen LogP contribution in [0.2, 0.25) is 0 Å². The predicted octanol–water partition coefficient (Wildman–Crippen LogP) is 11.0. The van der Waals surface area contributed by atoms with Gasteiger partial charge in [-0.05, 0) is 32.1 Å². The summed E-state index contributed by atoms with van der Waals surface area (Å²) >= 11 is 0. The maximum atomic E-state index is 12.3. The molecule has 0 aliphatic rings. The van der Waals surface area contributed by atoms with E-state index in [4.69, 9.17) is 9.05 Å². The number of nitrogens with one attached hydrogen (secondary N) is 1. The molecule has 0 saturated carbocycles. The van der Waals surface area contributed by atoms with Crippen LogP contribution in [0.1, 0.15) is 181 Å². The number of amides is 1. The average Bonchev–Trinajstić information content (AvgIpc) is 3.05. The van der Waals surface area contributed by atoms with Gasteiger partial charge in [0, 0.05) is 6.42 Å². The lowest BCUT2D eigenvalue weighted by Crippen LogP contribution is -2.45. The number of allylic oxidation sites excluding steroid dienone is 3. The van der Waals surface area contributed by atoms with Crippen LogP contribution in [0.15, 0.2) is 24.3 Å². The fraction of sp³-hybridized carbons (Fsp3) is 0.878. The molecule has 8 nitrogen and oxygen atoms in total. The summed E-state index contributed by atoms with van der Waals surface area (Å²) in [6.07, 6.45) is 40.0. The molecule has 0 aromatic rings. The largest absolute Gasteiger partial charge is 0.472 e. The Labute approximate surface area is 309 Å². The van der Waals surface area contributed by atoms with Crippen LogP contribution in [-0.4, -0.2) is 73.4 Å². The van der Waals surface area contributed by atoms with Gasteiger partial charge in [-0.2, -0.15) is 0 Å². The highest BCUT2D eigenvalue weighted by Gasteiger charge is 2.27. The third kappa shape index (κ3) is 35.4. The van der Waals surface area contributed by atoms with Gasteiger partial charge in [0.1, 0.15) is 13.2 Å². The van der Waals surface area contributed by atoms with Crippen molar-refractivity contribution in [2.45, 2.75) is 193 Å². The van der Waals surface area contributed by atoms with E-state index in [1.54, 1.807) is 6.08 Å². The van der Waals surface area contributed by atoms with Crippen molar-refractivity contribution in [3.05, 3.63) is 24.3 Å². The maximum Gasteiger partial charge on any atom is 0.472 e. The molecule has 0 saturated heterocycles. The van der Waals surface area contributed by atoms with E-state index in [-0.39, 0.29) is 19.1 Å². The van der Waals surface area contributed by atoms with Gasteiger partial charge in [0.2, 0.25) is 5.91 Å². The third-order valence-corrected chi connectivity index (χ3v) is 10.1. The molecule has 0 radical (unpaired) electrons. The highest BCUT2D eigenvalue weighted by molar-refractivity contribution is 7.47.